The minimum atomic E-state index is -0.898. The molecule has 0 heterocycles. The third kappa shape index (κ3) is 2.85. The Morgan fingerprint density at radius 1 is 1.43 bits per heavy atom. The highest BCUT2D eigenvalue weighted by molar-refractivity contribution is 5.89. The third-order valence-corrected chi connectivity index (χ3v) is 1.89. The first-order valence-corrected chi connectivity index (χ1v) is 4.50. The zero-order chi connectivity index (χ0) is 10.8. The molecule has 14 heavy (non-hydrogen) atoms. The maximum absolute atomic E-state index is 10.9. The van der Waals surface area contributed by atoms with E-state index in [0.717, 1.165) is 5.56 Å². The summed E-state index contributed by atoms with van der Waals surface area (Å²) in [6.07, 6.45) is 0.565. The molecular formula is C11H15NO2. The van der Waals surface area contributed by atoms with Gasteiger partial charge >= 0.3 is 5.97 Å². The van der Waals surface area contributed by atoms with Crippen LogP contribution in [0, 0.1) is 0 Å². The van der Waals surface area contributed by atoms with Gasteiger partial charge in [0.15, 0.2) is 0 Å². The second kappa shape index (κ2) is 3.80. The van der Waals surface area contributed by atoms with Crippen LogP contribution in [0.15, 0.2) is 24.3 Å². The number of hydrogen-bond donors (Lipinski definition) is 2. The third-order valence-electron chi connectivity index (χ3n) is 1.89. The second-order valence-electron chi connectivity index (χ2n) is 4.13. The Labute approximate surface area is 83.6 Å². The average molecular weight is 193 g/mol. The Bertz CT molecular complexity index is 339. The molecule has 0 fully saturated rings. The van der Waals surface area contributed by atoms with Crippen molar-refractivity contribution in [2.45, 2.75) is 25.8 Å². The molecule has 76 valence electrons. The summed E-state index contributed by atoms with van der Waals surface area (Å²) in [5, 5.41) is 8.92. The van der Waals surface area contributed by atoms with Crippen LogP contribution in [0.3, 0.4) is 0 Å². The van der Waals surface area contributed by atoms with Crippen LogP contribution >= 0.6 is 0 Å². The van der Waals surface area contributed by atoms with Crippen molar-refractivity contribution >= 4 is 5.97 Å². The minimum absolute atomic E-state index is 0.339. The molecule has 0 radical (unpaired) electrons. The van der Waals surface area contributed by atoms with Gasteiger partial charge in [-0.2, -0.15) is 0 Å². The Hall–Kier alpha value is -1.35. The molecule has 0 atom stereocenters. The molecule has 3 nitrogen and oxygen atoms in total. The van der Waals surface area contributed by atoms with Crippen LogP contribution in [-0.2, 0) is 6.42 Å². The van der Waals surface area contributed by atoms with E-state index in [9.17, 15) is 4.79 Å². The first-order valence-electron chi connectivity index (χ1n) is 4.50. The van der Waals surface area contributed by atoms with E-state index in [-0.39, 0.29) is 5.54 Å². The summed E-state index contributed by atoms with van der Waals surface area (Å²) >= 11 is 0. The summed E-state index contributed by atoms with van der Waals surface area (Å²) < 4.78 is 0. The number of rotatable bonds is 3. The summed E-state index contributed by atoms with van der Waals surface area (Å²) in [5.41, 5.74) is 6.58. The van der Waals surface area contributed by atoms with Crippen molar-refractivity contribution in [3.63, 3.8) is 0 Å². The average Bonchev–Trinajstić information content (AvgIpc) is 2.01. The van der Waals surface area contributed by atoms with Gasteiger partial charge in [-0.3, -0.25) is 0 Å². The molecule has 0 spiro atoms. The molecule has 1 rings (SSSR count). The molecule has 1 aromatic carbocycles. The standard InChI is InChI=1S/C11H15NO2/c1-11(2,12)7-8-5-3-4-6-9(8)10(13)14/h3-6H,7,12H2,1-2H3,(H,13,14). The van der Waals surface area contributed by atoms with Gasteiger partial charge in [0.2, 0.25) is 0 Å². The predicted molar refractivity (Wildman–Crippen MR) is 55.4 cm³/mol. The van der Waals surface area contributed by atoms with Gasteiger partial charge in [0.1, 0.15) is 0 Å². The van der Waals surface area contributed by atoms with E-state index >= 15 is 0 Å². The highest BCUT2D eigenvalue weighted by Gasteiger charge is 2.16. The van der Waals surface area contributed by atoms with Gasteiger partial charge in [0, 0.05) is 5.54 Å². The first kappa shape index (κ1) is 10.7. The number of nitrogens with two attached hydrogens (primary N) is 1. The molecule has 3 N–H and O–H groups in total. The molecule has 0 saturated carbocycles. The van der Waals surface area contributed by atoms with E-state index in [1.54, 1.807) is 18.2 Å². The SMILES string of the molecule is CC(C)(N)Cc1ccccc1C(=O)O. The van der Waals surface area contributed by atoms with Crippen LogP contribution in [0.2, 0.25) is 0 Å². The Morgan fingerprint density at radius 2 is 2.00 bits per heavy atom. The van der Waals surface area contributed by atoms with Crippen LogP contribution in [0.1, 0.15) is 29.8 Å². The van der Waals surface area contributed by atoms with Gasteiger partial charge in [-0.1, -0.05) is 18.2 Å². The Morgan fingerprint density at radius 3 is 2.50 bits per heavy atom. The highest BCUT2D eigenvalue weighted by atomic mass is 16.4. The van der Waals surface area contributed by atoms with E-state index < -0.39 is 5.97 Å². The lowest BCUT2D eigenvalue weighted by atomic mass is 9.93. The molecule has 0 aromatic heterocycles. The lowest BCUT2D eigenvalue weighted by Crippen LogP contribution is -2.35. The van der Waals surface area contributed by atoms with Crippen LogP contribution in [0.4, 0.5) is 0 Å². The van der Waals surface area contributed by atoms with Gasteiger partial charge in [0.05, 0.1) is 5.56 Å². The quantitative estimate of drug-likeness (QED) is 0.767. The summed E-state index contributed by atoms with van der Waals surface area (Å²) in [6, 6.07) is 6.95. The van der Waals surface area contributed by atoms with Gasteiger partial charge in [-0.15, -0.1) is 0 Å². The molecule has 0 aliphatic carbocycles. The van der Waals surface area contributed by atoms with E-state index in [1.165, 1.54) is 0 Å². The van der Waals surface area contributed by atoms with Crippen molar-refractivity contribution in [2.75, 3.05) is 0 Å². The molecule has 3 heteroatoms. The second-order valence-corrected chi connectivity index (χ2v) is 4.13. The Balaban J connectivity index is 3.02. The van der Waals surface area contributed by atoms with Crippen molar-refractivity contribution < 1.29 is 9.90 Å². The summed E-state index contributed by atoms with van der Waals surface area (Å²) in [5.74, 6) is -0.898. The normalized spacial score (nSPS) is 11.4. The van der Waals surface area contributed by atoms with Crippen molar-refractivity contribution in [2.24, 2.45) is 5.73 Å². The molecule has 0 unspecified atom stereocenters. The highest BCUT2D eigenvalue weighted by Crippen LogP contribution is 2.14. The fraction of sp³-hybridized carbons (Fsp3) is 0.364. The molecular weight excluding hydrogens is 178 g/mol. The molecule has 0 aliphatic rings. The summed E-state index contributed by atoms with van der Waals surface area (Å²) in [7, 11) is 0. The van der Waals surface area contributed by atoms with Crippen molar-refractivity contribution in [1.82, 2.24) is 0 Å². The number of carboxylic acid groups (broad SMARTS) is 1. The Kier molecular flexibility index (Phi) is 2.91. The summed E-state index contributed by atoms with van der Waals surface area (Å²) in [6.45, 7) is 3.76. The van der Waals surface area contributed by atoms with Crippen molar-refractivity contribution in [1.29, 1.82) is 0 Å². The topological polar surface area (TPSA) is 63.3 Å². The zero-order valence-corrected chi connectivity index (χ0v) is 8.45. The van der Waals surface area contributed by atoms with Crippen molar-refractivity contribution in [3.8, 4) is 0 Å². The maximum Gasteiger partial charge on any atom is 0.335 e. The van der Waals surface area contributed by atoms with E-state index in [4.69, 9.17) is 10.8 Å². The molecule has 1 aromatic rings. The van der Waals surface area contributed by atoms with E-state index in [1.807, 2.05) is 19.9 Å². The predicted octanol–water partition coefficient (Wildman–Crippen LogP) is 1.66. The number of carbonyl (C=O) groups is 1. The zero-order valence-electron chi connectivity index (χ0n) is 8.45. The van der Waals surface area contributed by atoms with Gasteiger partial charge in [0.25, 0.3) is 0 Å². The fourth-order valence-corrected chi connectivity index (χ4v) is 1.37. The van der Waals surface area contributed by atoms with Crippen LogP contribution < -0.4 is 5.73 Å². The monoisotopic (exact) mass is 193 g/mol. The first-order chi connectivity index (χ1) is 6.40. The van der Waals surface area contributed by atoms with Crippen molar-refractivity contribution in [3.05, 3.63) is 35.4 Å². The number of benzene rings is 1. The van der Waals surface area contributed by atoms with Gasteiger partial charge in [-0.25, -0.2) is 4.79 Å². The largest absolute Gasteiger partial charge is 0.478 e. The number of hydrogen-bond acceptors (Lipinski definition) is 2. The number of carboxylic acids is 1. The molecule has 0 bridgehead atoms. The molecule has 0 aliphatic heterocycles. The van der Waals surface area contributed by atoms with Gasteiger partial charge in [-0.05, 0) is 31.9 Å². The minimum Gasteiger partial charge on any atom is -0.478 e. The van der Waals surface area contributed by atoms with Crippen LogP contribution in [0.5, 0.6) is 0 Å². The van der Waals surface area contributed by atoms with Crippen LogP contribution in [0.25, 0.3) is 0 Å². The smallest absolute Gasteiger partial charge is 0.335 e. The molecule has 0 amide bonds. The fourth-order valence-electron chi connectivity index (χ4n) is 1.37. The van der Waals surface area contributed by atoms with Gasteiger partial charge < -0.3 is 10.8 Å². The van der Waals surface area contributed by atoms with E-state index in [2.05, 4.69) is 0 Å². The lowest BCUT2D eigenvalue weighted by molar-refractivity contribution is 0.0695. The van der Waals surface area contributed by atoms with Crippen LogP contribution in [-0.4, -0.2) is 16.6 Å². The molecule has 0 saturated heterocycles. The maximum atomic E-state index is 10.9. The van der Waals surface area contributed by atoms with E-state index in [0.29, 0.717) is 12.0 Å². The number of aromatic carboxylic acids is 1. The lowest BCUT2D eigenvalue weighted by Gasteiger charge is -2.19. The summed E-state index contributed by atoms with van der Waals surface area (Å²) in [4.78, 5) is 10.9.